The molecule has 2 fully saturated rings. The number of rotatable bonds is 7. The van der Waals surface area contributed by atoms with Gasteiger partial charge in [-0.05, 0) is 43.7 Å². The van der Waals surface area contributed by atoms with Crippen LogP contribution in [0.15, 0.2) is 28.3 Å². The van der Waals surface area contributed by atoms with Crippen molar-refractivity contribution in [1.82, 2.24) is 15.0 Å². The van der Waals surface area contributed by atoms with Crippen molar-refractivity contribution in [1.29, 1.82) is 0 Å². The second-order valence-corrected chi connectivity index (χ2v) is 10.4. The van der Waals surface area contributed by atoms with Crippen LogP contribution in [0.25, 0.3) is 0 Å². The van der Waals surface area contributed by atoms with Gasteiger partial charge >= 0.3 is 0 Å². The lowest BCUT2D eigenvalue weighted by atomic mass is 9.75. The first-order chi connectivity index (χ1) is 15.3. The van der Waals surface area contributed by atoms with E-state index in [2.05, 4.69) is 33.7 Å². The topological polar surface area (TPSA) is 112 Å². The van der Waals surface area contributed by atoms with E-state index < -0.39 is 0 Å². The molecule has 0 radical (unpaired) electrons. The number of aromatic nitrogens is 3. The number of aliphatic hydroxyl groups is 2. The highest BCUT2D eigenvalue weighted by Crippen LogP contribution is 2.37. The Bertz CT molecular complexity index is 952. The van der Waals surface area contributed by atoms with Crippen molar-refractivity contribution in [3.05, 3.63) is 29.2 Å². The van der Waals surface area contributed by atoms with Gasteiger partial charge in [-0.1, -0.05) is 30.3 Å². The minimum absolute atomic E-state index is 0.114. The average Bonchev–Trinajstić information content (AvgIpc) is 2.76. The summed E-state index contributed by atoms with van der Waals surface area (Å²) in [5, 5.41) is 20.4. The summed E-state index contributed by atoms with van der Waals surface area (Å²) in [5.41, 5.74) is 6.87. The minimum Gasteiger partial charge on any atom is -0.394 e. The monoisotopic (exact) mass is 478 g/mol. The van der Waals surface area contributed by atoms with Crippen LogP contribution in [0.4, 0.5) is 11.6 Å². The molecule has 2 aliphatic heterocycles. The number of pyridine rings is 1. The molecule has 0 bridgehead atoms. The summed E-state index contributed by atoms with van der Waals surface area (Å²) in [6.45, 7) is 6.80. The number of hydrogen-bond donors (Lipinski definition) is 3. The molecule has 10 heteroatoms. The number of piperidine rings is 1. The number of nitrogens with zero attached hydrogens (tertiary/aromatic N) is 5. The van der Waals surface area contributed by atoms with Gasteiger partial charge in [0.1, 0.15) is 21.7 Å². The van der Waals surface area contributed by atoms with Crippen LogP contribution in [-0.2, 0) is 6.61 Å². The van der Waals surface area contributed by atoms with E-state index in [1.54, 1.807) is 6.20 Å². The van der Waals surface area contributed by atoms with Gasteiger partial charge in [0.25, 0.3) is 0 Å². The first-order valence-electron chi connectivity index (χ1n) is 11.0. The quantitative estimate of drug-likeness (QED) is 0.517. The van der Waals surface area contributed by atoms with E-state index in [1.807, 2.05) is 17.0 Å². The highest BCUT2D eigenvalue weighted by Gasteiger charge is 2.34. The fourth-order valence-corrected chi connectivity index (χ4v) is 5.22. The molecule has 2 saturated heterocycles. The fourth-order valence-electron chi connectivity index (χ4n) is 4.20. The van der Waals surface area contributed by atoms with Crippen LogP contribution in [0.5, 0.6) is 0 Å². The van der Waals surface area contributed by atoms with Gasteiger partial charge in [0.2, 0.25) is 0 Å². The second-order valence-electron chi connectivity index (χ2n) is 8.95. The van der Waals surface area contributed by atoms with E-state index in [0.29, 0.717) is 15.9 Å². The molecule has 0 spiro atoms. The van der Waals surface area contributed by atoms with Crippen LogP contribution in [-0.4, -0.2) is 63.5 Å². The number of anilines is 2. The van der Waals surface area contributed by atoms with Gasteiger partial charge in [0, 0.05) is 25.7 Å². The maximum Gasteiger partial charge on any atom is 0.152 e. The van der Waals surface area contributed by atoms with Gasteiger partial charge in [-0.15, -0.1) is 0 Å². The van der Waals surface area contributed by atoms with Crippen LogP contribution >= 0.6 is 23.4 Å². The van der Waals surface area contributed by atoms with E-state index in [9.17, 15) is 10.2 Å². The zero-order chi connectivity index (χ0) is 22.9. The van der Waals surface area contributed by atoms with Crippen molar-refractivity contribution in [2.45, 2.75) is 61.7 Å². The second kappa shape index (κ2) is 9.69. The van der Waals surface area contributed by atoms with Crippen LogP contribution in [0.1, 0.15) is 38.8 Å². The lowest BCUT2D eigenvalue weighted by molar-refractivity contribution is 0.204. The molecule has 4 rings (SSSR count). The summed E-state index contributed by atoms with van der Waals surface area (Å²) in [6, 6.07) is 4.08. The maximum absolute atomic E-state index is 9.94. The van der Waals surface area contributed by atoms with Crippen molar-refractivity contribution in [3.63, 3.8) is 0 Å². The number of nitrogens with two attached hydrogens (primary N) is 1. The molecule has 8 nitrogen and oxygen atoms in total. The van der Waals surface area contributed by atoms with Crippen LogP contribution < -0.4 is 15.5 Å². The molecule has 2 aromatic heterocycles. The van der Waals surface area contributed by atoms with Crippen molar-refractivity contribution < 1.29 is 10.2 Å². The Kier molecular flexibility index (Phi) is 7.11. The number of hydrogen-bond acceptors (Lipinski definition) is 9. The molecule has 4 N–H and O–H groups in total. The third kappa shape index (κ3) is 4.68. The predicted octanol–water partition coefficient (Wildman–Crippen LogP) is 2.69. The zero-order valence-corrected chi connectivity index (χ0v) is 20.1. The summed E-state index contributed by atoms with van der Waals surface area (Å²) in [5.74, 6) is 1.50. The first-order valence-corrected chi connectivity index (χ1v) is 12.2. The van der Waals surface area contributed by atoms with Crippen LogP contribution in [0.2, 0.25) is 5.15 Å². The molecule has 4 heterocycles. The Morgan fingerprint density at radius 3 is 2.56 bits per heavy atom. The smallest absolute Gasteiger partial charge is 0.152 e. The largest absolute Gasteiger partial charge is 0.394 e. The van der Waals surface area contributed by atoms with Crippen LogP contribution in [0.3, 0.4) is 0 Å². The fraction of sp³-hybridized carbons (Fsp3) is 0.591. The molecule has 0 aliphatic carbocycles. The van der Waals surface area contributed by atoms with Gasteiger partial charge in [0.15, 0.2) is 5.82 Å². The predicted molar refractivity (Wildman–Crippen MR) is 127 cm³/mol. The molecule has 0 aromatic carbocycles. The minimum atomic E-state index is -0.180. The SMILES string of the molecule is CC(N)C1(C)CCN(c2ncc(Sc3ccc(N4CCC4CO)nc3Cl)nc2CO)CC1. The zero-order valence-electron chi connectivity index (χ0n) is 18.5. The normalized spacial score (nSPS) is 21.4. The van der Waals surface area contributed by atoms with Crippen molar-refractivity contribution in [2.24, 2.45) is 11.1 Å². The van der Waals surface area contributed by atoms with Gasteiger partial charge in [-0.3, -0.25) is 0 Å². The number of halogens is 1. The van der Waals surface area contributed by atoms with Gasteiger partial charge in [0.05, 0.1) is 30.3 Å². The summed E-state index contributed by atoms with van der Waals surface area (Å²) in [7, 11) is 0. The van der Waals surface area contributed by atoms with E-state index in [-0.39, 0.29) is 30.7 Å². The van der Waals surface area contributed by atoms with E-state index >= 15 is 0 Å². The molecule has 2 atom stereocenters. The lowest BCUT2D eigenvalue weighted by Gasteiger charge is -2.42. The first kappa shape index (κ1) is 23.5. The van der Waals surface area contributed by atoms with E-state index in [1.165, 1.54) is 11.8 Å². The average molecular weight is 479 g/mol. The molecule has 174 valence electrons. The van der Waals surface area contributed by atoms with Crippen molar-refractivity contribution in [2.75, 3.05) is 36.0 Å². The summed E-state index contributed by atoms with van der Waals surface area (Å²) < 4.78 is 0. The Balaban J connectivity index is 1.47. The van der Waals surface area contributed by atoms with Crippen molar-refractivity contribution in [3.8, 4) is 0 Å². The molecular formula is C22H31ClN6O2S. The molecular weight excluding hydrogens is 448 g/mol. The number of aliphatic hydroxyl groups excluding tert-OH is 2. The van der Waals surface area contributed by atoms with Gasteiger partial charge < -0.3 is 25.7 Å². The highest BCUT2D eigenvalue weighted by atomic mass is 35.5. The molecule has 32 heavy (non-hydrogen) atoms. The Morgan fingerprint density at radius 2 is 2.00 bits per heavy atom. The Hall–Kier alpha value is -1.65. The van der Waals surface area contributed by atoms with E-state index in [4.69, 9.17) is 17.3 Å². The lowest BCUT2D eigenvalue weighted by Crippen LogP contribution is -2.50. The maximum atomic E-state index is 9.94. The van der Waals surface area contributed by atoms with E-state index in [0.717, 1.165) is 55.4 Å². The van der Waals surface area contributed by atoms with Crippen LogP contribution in [0, 0.1) is 5.41 Å². The summed E-state index contributed by atoms with van der Waals surface area (Å²) in [4.78, 5) is 18.8. The Labute approximate surface area is 198 Å². The summed E-state index contributed by atoms with van der Waals surface area (Å²) in [6.07, 6.45) is 4.64. The van der Waals surface area contributed by atoms with Gasteiger partial charge in [-0.25, -0.2) is 15.0 Å². The third-order valence-corrected chi connectivity index (χ3v) is 8.27. The third-order valence-electron chi connectivity index (χ3n) is 6.92. The Morgan fingerprint density at radius 1 is 1.25 bits per heavy atom. The molecule has 2 unspecified atom stereocenters. The van der Waals surface area contributed by atoms with Gasteiger partial charge in [-0.2, -0.15) is 0 Å². The summed E-state index contributed by atoms with van der Waals surface area (Å²) >= 11 is 7.81. The highest BCUT2D eigenvalue weighted by molar-refractivity contribution is 7.99. The molecule has 2 aliphatic rings. The van der Waals surface area contributed by atoms with Crippen molar-refractivity contribution >= 4 is 35.0 Å². The standard InChI is InChI=1S/C22H31ClN6O2S/c1-14(24)22(2)6-9-28(10-7-22)21-16(13-31)26-19(11-25-21)32-17-3-4-18(27-20(17)23)29-8-5-15(29)12-30/h3-4,11,14-15,30-31H,5-10,12-13,24H2,1-2H3. The molecule has 2 aromatic rings. The molecule has 0 amide bonds. The molecule has 0 saturated carbocycles.